The van der Waals surface area contributed by atoms with Crippen LogP contribution in [0.3, 0.4) is 0 Å². The molecule has 1 amide bonds. The zero-order valence-electron chi connectivity index (χ0n) is 16.1. The zero-order valence-corrected chi connectivity index (χ0v) is 16.1. The summed E-state index contributed by atoms with van der Waals surface area (Å²) >= 11 is 0. The molecule has 0 aliphatic carbocycles. The van der Waals surface area contributed by atoms with Gasteiger partial charge in [0.15, 0.2) is 0 Å². The van der Waals surface area contributed by atoms with Crippen molar-refractivity contribution in [3.63, 3.8) is 0 Å². The van der Waals surface area contributed by atoms with Crippen LogP contribution < -0.4 is 4.74 Å². The van der Waals surface area contributed by atoms with Gasteiger partial charge in [0.25, 0.3) is 0 Å². The van der Waals surface area contributed by atoms with E-state index in [1.807, 2.05) is 56.9 Å². The first kappa shape index (κ1) is 19.7. The average molecular weight is 356 g/mol. The van der Waals surface area contributed by atoms with Crippen LogP contribution in [0.5, 0.6) is 5.75 Å². The fraction of sp³-hybridized carbons (Fsp3) is 0.450. The highest BCUT2D eigenvalue weighted by molar-refractivity contribution is 5.78. The molecule has 0 aliphatic rings. The molecule has 140 valence electrons. The van der Waals surface area contributed by atoms with Crippen molar-refractivity contribution >= 4 is 5.91 Å². The van der Waals surface area contributed by atoms with Crippen LogP contribution in [0.4, 0.5) is 0 Å². The van der Waals surface area contributed by atoms with Gasteiger partial charge in [-0.2, -0.15) is 5.10 Å². The molecular weight excluding hydrogens is 328 g/mol. The molecule has 0 spiro atoms. The number of nitrogens with zero attached hydrogens (tertiary/aromatic N) is 4. The maximum atomic E-state index is 12.9. The second-order valence-corrected chi connectivity index (χ2v) is 6.39. The smallest absolute Gasteiger partial charge is 0.227 e. The summed E-state index contributed by atoms with van der Waals surface area (Å²) in [6.45, 7) is 13.6. The highest BCUT2D eigenvalue weighted by Crippen LogP contribution is 2.17. The van der Waals surface area contributed by atoms with Crippen molar-refractivity contribution in [1.82, 2.24) is 19.7 Å². The van der Waals surface area contributed by atoms with Gasteiger partial charge < -0.3 is 9.64 Å². The summed E-state index contributed by atoms with van der Waals surface area (Å²) in [6.07, 6.45) is 1.71. The Kier molecular flexibility index (Phi) is 6.95. The summed E-state index contributed by atoms with van der Waals surface area (Å²) in [6, 6.07) is 7.82. The maximum Gasteiger partial charge on any atom is 0.227 e. The molecule has 6 heteroatoms. The lowest BCUT2D eigenvalue weighted by atomic mass is 10.1. The number of hydrogen-bond donors (Lipinski definition) is 0. The standard InChI is InChI=1S/C20H28N4O2/c1-6-11-26-19-10-8-9-18(12-19)14-23(7-2)20(25)15(3)13-24-17(5)21-16(4)22-24/h6,8-10,12,15H,1,7,11,13-14H2,2-5H3. The highest BCUT2D eigenvalue weighted by atomic mass is 16.5. The van der Waals surface area contributed by atoms with Crippen molar-refractivity contribution in [2.45, 2.75) is 40.8 Å². The molecular formula is C20H28N4O2. The molecule has 1 unspecified atom stereocenters. The van der Waals surface area contributed by atoms with Gasteiger partial charge >= 0.3 is 0 Å². The molecule has 2 rings (SSSR count). The van der Waals surface area contributed by atoms with E-state index in [1.165, 1.54) is 0 Å². The third kappa shape index (κ3) is 5.18. The molecule has 0 N–H and O–H groups in total. The van der Waals surface area contributed by atoms with Crippen LogP contribution >= 0.6 is 0 Å². The number of ether oxygens (including phenoxy) is 1. The average Bonchev–Trinajstić information content (AvgIpc) is 2.94. The predicted molar refractivity (Wildman–Crippen MR) is 102 cm³/mol. The topological polar surface area (TPSA) is 60.2 Å². The maximum absolute atomic E-state index is 12.9. The van der Waals surface area contributed by atoms with E-state index in [4.69, 9.17) is 4.74 Å². The number of aryl methyl sites for hydroxylation is 2. The first-order valence-corrected chi connectivity index (χ1v) is 8.94. The summed E-state index contributed by atoms with van der Waals surface area (Å²) in [5.41, 5.74) is 1.04. The summed E-state index contributed by atoms with van der Waals surface area (Å²) in [4.78, 5) is 19.0. The Bertz CT molecular complexity index is 754. The third-order valence-corrected chi connectivity index (χ3v) is 4.16. The first-order valence-electron chi connectivity index (χ1n) is 8.94. The SMILES string of the molecule is C=CCOc1cccc(CN(CC)C(=O)C(C)Cn2nc(C)nc2C)c1. The number of carbonyl (C=O) groups is 1. The number of carbonyl (C=O) groups excluding carboxylic acids is 1. The Labute approximate surface area is 155 Å². The van der Waals surface area contributed by atoms with Crippen molar-refractivity contribution < 1.29 is 9.53 Å². The molecule has 1 aromatic carbocycles. The Hall–Kier alpha value is -2.63. The summed E-state index contributed by atoms with van der Waals surface area (Å²) in [5.74, 6) is 2.28. The molecule has 0 saturated carbocycles. The van der Waals surface area contributed by atoms with Crippen LogP contribution in [0.25, 0.3) is 0 Å². The third-order valence-electron chi connectivity index (χ3n) is 4.16. The molecule has 26 heavy (non-hydrogen) atoms. The highest BCUT2D eigenvalue weighted by Gasteiger charge is 2.21. The van der Waals surface area contributed by atoms with Crippen molar-refractivity contribution in [1.29, 1.82) is 0 Å². The van der Waals surface area contributed by atoms with Gasteiger partial charge in [-0.25, -0.2) is 9.67 Å². The quantitative estimate of drug-likeness (QED) is 0.648. The van der Waals surface area contributed by atoms with Crippen LogP contribution in [0.2, 0.25) is 0 Å². The van der Waals surface area contributed by atoms with Crippen LogP contribution in [-0.2, 0) is 17.9 Å². The second-order valence-electron chi connectivity index (χ2n) is 6.39. The minimum absolute atomic E-state index is 0.109. The lowest BCUT2D eigenvalue weighted by Gasteiger charge is -2.25. The van der Waals surface area contributed by atoms with Crippen molar-refractivity contribution in [3.8, 4) is 5.75 Å². The van der Waals surface area contributed by atoms with E-state index >= 15 is 0 Å². The van der Waals surface area contributed by atoms with E-state index in [0.717, 1.165) is 23.0 Å². The molecule has 1 atom stereocenters. The lowest BCUT2D eigenvalue weighted by Crippen LogP contribution is -2.36. The molecule has 0 fully saturated rings. The summed E-state index contributed by atoms with van der Waals surface area (Å²) in [7, 11) is 0. The molecule has 0 bridgehead atoms. The molecule has 1 heterocycles. The molecule has 1 aromatic heterocycles. The first-order chi connectivity index (χ1) is 12.4. The van der Waals surface area contributed by atoms with E-state index in [2.05, 4.69) is 16.7 Å². The molecule has 0 radical (unpaired) electrons. The van der Waals surface area contributed by atoms with E-state index in [1.54, 1.807) is 10.8 Å². The Morgan fingerprint density at radius 2 is 2.19 bits per heavy atom. The van der Waals surface area contributed by atoms with E-state index in [9.17, 15) is 4.79 Å². The van der Waals surface area contributed by atoms with Gasteiger partial charge in [0.05, 0.1) is 12.5 Å². The minimum Gasteiger partial charge on any atom is -0.490 e. The van der Waals surface area contributed by atoms with E-state index in [0.29, 0.717) is 26.2 Å². The monoisotopic (exact) mass is 356 g/mol. The fourth-order valence-corrected chi connectivity index (χ4v) is 2.84. The van der Waals surface area contributed by atoms with Crippen LogP contribution in [0.15, 0.2) is 36.9 Å². The van der Waals surface area contributed by atoms with Gasteiger partial charge in [-0.15, -0.1) is 0 Å². The van der Waals surface area contributed by atoms with Gasteiger partial charge in [-0.3, -0.25) is 4.79 Å². The summed E-state index contributed by atoms with van der Waals surface area (Å²) in [5, 5.41) is 4.35. The second kappa shape index (κ2) is 9.17. The fourth-order valence-electron chi connectivity index (χ4n) is 2.84. The Morgan fingerprint density at radius 3 is 2.81 bits per heavy atom. The largest absolute Gasteiger partial charge is 0.490 e. The lowest BCUT2D eigenvalue weighted by molar-refractivity contribution is -0.135. The van der Waals surface area contributed by atoms with Crippen LogP contribution in [0, 0.1) is 19.8 Å². The van der Waals surface area contributed by atoms with Crippen LogP contribution in [0.1, 0.15) is 31.1 Å². The Balaban J connectivity index is 2.03. The van der Waals surface area contributed by atoms with Gasteiger partial charge in [0.1, 0.15) is 24.0 Å². The number of rotatable bonds is 9. The summed E-state index contributed by atoms with van der Waals surface area (Å²) < 4.78 is 7.37. The van der Waals surface area contributed by atoms with Crippen LogP contribution in [-0.4, -0.2) is 38.7 Å². The van der Waals surface area contributed by atoms with Gasteiger partial charge in [0.2, 0.25) is 5.91 Å². The van der Waals surface area contributed by atoms with Crippen molar-refractivity contribution in [2.75, 3.05) is 13.2 Å². The van der Waals surface area contributed by atoms with Gasteiger partial charge in [-0.05, 0) is 38.5 Å². The normalized spacial score (nSPS) is 11.8. The van der Waals surface area contributed by atoms with Crippen molar-refractivity contribution in [3.05, 3.63) is 54.1 Å². The zero-order chi connectivity index (χ0) is 19.1. The Morgan fingerprint density at radius 1 is 1.42 bits per heavy atom. The van der Waals surface area contributed by atoms with E-state index < -0.39 is 0 Å². The van der Waals surface area contributed by atoms with E-state index in [-0.39, 0.29) is 11.8 Å². The number of hydrogen-bond acceptors (Lipinski definition) is 4. The molecule has 0 saturated heterocycles. The minimum atomic E-state index is -0.171. The number of aromatic nitrogens is 3. The molecule has 6 nitrogen and oxygen atoms in total. The molecule has 2 aromatic rings. The van der Waals surface area contributed by atoms with Crippen molar-refractivity contribution in [2.24, 2.45) is 5.92 Å². The number of benzene rings is 1. The van der Waals surface area contributed by atoms with Gasteiger partial charge in [-0.1, -0.05) is 31.7 Å². The predicted octanol–water partition coefficient (Wildman–Crippen LogP) is 3.14. The number of amides is 1. The van der Waals surface area contributed by atoms with Gasteiger partial charge in [0, 0.05) is 13.1 Å². The molecule has 0 aliphatic heterocycles.